The number of rotatable bonds is 8. The minimum absolute atomic E-state index is 0.346. The number of benzene rings is 2. The number of methoxy groups -OCH3 is 1. The lowest BCUT2D eigenvalue weighted by atomic mass is 10.0. The molecule has 5 nitrogen and oxygen atoms in total. The molecule has 0 aliphatic carbocycles. The fraction of sp³-hybridized carbons (Fsp3) is 0.318. The van der Waals surface area contributed by atoms with Gasteiger partial charge >= 0.3 is 5.63 Å². The van der Waals surface area contributed by atoms with Crippen LogP contribution in [0, 0.1) is 0 Å². The molecular weight excluding hydrogens is 340 g/mol. The van der Waals surface area contributed by atoms with Crippen LogP contribution in [0.2, 0.25) is 0 Å². The highest BCUT2D eigenvalue weighted by Gasteiger charge is 2.13. The molecule has 0 aliphatic rings. The van der Waals surface area contributed by atoms with E-state index in [0.29, 0.717) is 23.9 Å². The quantitative estimate of drug-likeness (QED) is 0.621. The average molecular weight is 366 g/mol. The lowest BCUT2D eigenvalue weighted by Crippen LogP contribution is -2.39. The smallest absolute Gasteiger partial charge is 0.336 e. The number of likely N-dealkylation sites (N-methyl/N-ethyl adjacent to an activating group) is 1. The monoisotopic (exact) mass is 366 g/mol. The molecular formula is C22H26N2O3. The Hall–Kier alpha value is -2.63. The number of hydrogen-bond donors (Lipinski definition) is 1. The number of fused-ring (bicyclic) bond motifs is 1. The Labute approximate surface area is 159 Å². The third kappa shape index (κ3) is 4.96. The van der Waals surface area contributed by atoms with Crippen LogP contribution in [-0.4, -0.2) is 38.7 Å². The molecule has 0 bridgehead atoms. The first-order valence-electron chi connectivity index (χ1n) is 9.08. The van der Waals surface area contributed by atoms with Gasteiger partial charge in [0.25, 0.3) is 0 Å². The van der Waals surface area contributed by atoms with Gasteiger partial charge in [-0.15, -0.1) is 0 Å². The molecule has 0 radical (unpaired) electrons. The molecule has 1 aromatic heterocycles. The van der Waals surface area contributed by atoms with Crippen LogP contribution in [0.4, 0.5) is 0 Å². The maximum Gasteiger partial charge on any atom is 0.336 e. The van der Waals surface area contributed by atoms with Gasteiger partial charge in [-0.1, -0.05) is 30.3 Å². The average Bonchev–Trinajstić information content (AvgIpc) is 2.67. The highest BCUT2D eigenvalue weighted by Crippen LogP contribution is 2.22. The lowest BCUT2D eigenvalue weighted by Gasteiger charge is -2.25. The van der Waals surface area contributed by atoms with Crippen LogP contribution in [0.5, 0.6) is 5.75 Å². The first-order chi connectivity index (χ1) is 13.1. The van der Waals surface area contributed by atoms with Gasteiger partial charge in [-0.05, 0) is 43.8 Å². The van der Waals surface area contributed by atoms with E-state index in [2.05, 4.69) is 48.6 Å². The minimum atomic E-state index is -0.346. The van der Waals surface area contributed by atoms with Crippen molar-refractivity contribution in [2.24, 2.45) is 0 Å². The van der Waals surface area contributed by atoms with Gasteiger partial charge in [0.2, 0.25) is 0 Å². The number of hydrogen-bond acceptors (Lipinski definition) is 5. The molecule has 5 heteroatoms. The van der Waals surface area contributed by atoms with Crippen molar-refractivity contribution in [2.45, 2.75) is 19.0 Å². The minimum Gasteiger partial charge on any atom is -0.497 e. The summed E-state index contributed by atoms with van der Waals surface area (Å²) in [4.78, 5) is 14.1. The molecule has 2 aromatic carbocycles. The van der Waals surface area contributed by atoms with Crippen molar-refractivity contribution in [3.05, 3.63) is 76.1 Å². The van der Waals surface area contributed by atoms with Crippen molar-refractivity contribution in [3.8, 4) is 5.75 Å². The summed E-state index contributed by atoms with van der Waals surface area (Å²) < 4.78 is 10.5. The summed E-state index contributed by atoms with van der Waals surface area (Å²) in [6, 6.07) is 18.0. The van der Waals surface area contributed by atoms with E-state index >= 15 is 0 Å². The highest BCUT2D eigenvalue weighted by molar-refractivity contribution is 5.81. The first kappa shape index (κ1) is 19.1. The standard InChI is InChI=1S/C22H26N2O3/c1-24(2)18(11-16-7-5-4-6-8-16)15-23-14-17-12-22(25)27-21-13-19(26-3)9-10-20(17)21/h4-10,12-13,18,23H,11,14-15H2,1-3H3/t18-/m1/s1. The second kappa shape index (κ2) is 8.84. The summed E-state index contributed by atoms with van der Waals surface area (Å²) in [7, 11) is 5.78. The molecule has 27 heavy (non-hydrogen) atoms. The molecule has 1 heterocycles. The SMILES string of the molecule is COc1ccc2c(CNC[C@@H](Cc3ccccc3)N(C)C)cc(=O)oc2c1. The fourth-order valence-electron chi connectivity index (χ4n) is 3.18. The number of ether oxygens (including phenoxy) is 1. The summed E-state index contributed by atoms with van der Waals surface area (Å²) in [5, 5.41) is 4.42. The van der Waals surface area contributed by atoms with Crippen molar-refractivity contribution in [1.82, 2.24) is 10.2 Å². The Morgan fingerprint density at radius 2 is 1.89 bits per heavy atom. The van der Waals surface area contributed by atoms with Gasteiger partial charge in [-0.2, -0.15) is 0 Å². The Morgan fingerprint density at radius 3 is 2.59 bits per heavy atom. The van der Waals surface area contributed by atoms with Crippen molar-refractivity contribution in [1.29, 1.82) is 0 Å². The zero-order valence-corrected chi connectivity index (χ0v) is 16.1. The molecule has 142 valence electrons. The maximum absolute atomic E-state index is 11.9. The topological polar surface area (TPSA) is 54.7 Å². The molecule has 1 N–H and O–H groups in total. The van der Waals surface area contributed by atoms with Gasteiger partial charge in [-0.3, -0.25) is 0 Å². The van der Waals surface area contributed by atoms with E-state index in [1.807, 2.05) is 18.2 Å². The van der Waals surface area contributed by atoms with Crippen LogP contribution in [0.15, 0.2) is 63.8 Å². The van der Waals surface area contributed by atoms with Gasteiger partial charge in [0.05, 0.1) is 7.11 Å². The second-order valence-electron chi connectivity index (χ2n) is 6.89. The van der Waals surface area contributed by atoms with Crippen LogP contribution in [0.1, 0.15) is 11.1 Å². The molecule has 0 saturated heterocycles. The third-order valence-electron chi connectivity index (χ3n) is 4.78. The molecule has 0 aliphatic heterocycles. The van der Waals surface area contributed by atoms with Crippen molar-refractivity contribution >= 4 is 11.0 Å². The predicted octanol–water partition coefficient (Wildman–Crippen LogP) is 3.06. The van der Waals surface area contributed by atoms with Gasteiger partial charge < -0.3 is 19.4 Å². The summed E-state index contributed by atoms with van der Waals surface area (Å²) in [6.45, 7) is 1.42. The number of nitrogens with one attached hydrogen (secondary N) is 1. The van der Waals surface area contributed by atoms with Crippen LogP contribution < -0.4 is 15.7 Å². The zero-order chi connectivity index (χ0) is 19.2. The molecule has 0 fully saturated rings. The van der Waals surface area contributed by atoms with Gasteiger partial charge in [0.1, 0.15) is 11.3 Å². The lowest BCUT2D eigenvalue weighted by molar-refractivity contribution is 0.281. The molecule has 0 saturated carbocycles. The van der Waals surface area contributed by atoms with Crippen molar-refractivity contribution < 1.29 is 9.15 Å². The molecule has 0 spiro atoms. The Morgan fingerprint density at radius 1 is 1.11 bits per heavy atom. The van der Waals surface area contributed by atoms with Crippen LogP contribution in [0.3, 0.4) is 0 Å². The number of nitrogens with zero attached hydrogens (tertiary/aromatic N) is 1. The summed E-state index contributed by atoms with van der Waals surface area (Å²) in [6.07, 6.45) is 0.968. The zero-order valence-electron chi connectivity index (χ0n) is 16.1. The summed E-state index contributed by atoms with van der Waals surface area (Å²) in [5.41, 5.74) is 2.45. The van der Waals surface area contributed by atoms with E-state index in [9.17, 15) is 4.79 Å². The highest BCUT2D eigenvalue weighted by atomic mass is 16.5. The molecule has 0 amide bonds. The second-order valence-corrected chi connectivity index (χ2v) is 6.89. The van der Waals surface area contributed by atoms with Crippen LogP contribution in [0.25, 0.3) is 11.0 Å². The molecule has 3 aromatic rings. The van der Waals surface area contributed by atoms with Crippen molar-refractivity contribution in [2.75, 3.05) is 27.7 Å². The summed E-state index contributed by atoms with van der Waals surface area (Å²) >= 11 is 0. The largest absolute Gasteiger partial charge is 0.497 e. The van der Waals surface area contributed by atoms with E-state index in [1.165, 1.54) is 5.56 Å². The van der Waals surface area contributed by atoms with E-state index in [4.69, 9.17) is 9.15 Å². The fourth-order valence-corrected chi connectivity index (χ4v) is 3.18. The van der Waals surface area contributed by atoms with Gasteiger partial charge in [0, 0.05) is 36.7 Å². The van der Waals surface area contributed by atoms with E-state index in [1.54, 1.807) is 19.2 Å². The molecule has 0 unspecified atom stereocenters. The predicted molar refractivity (Wildman–Crippen MR) is 108 cm³/mol. The van der Waals surface area contributed by atoms with E-state index in [0.717, 1.165) is 23.9 Å². The normalized spacial score (nSPS) is 12.4. The van der Waals surface area contributed by atoms with Gasteiger partial charge in [0.15, 0.2) is 0 Å². The Kier molecular flexibility index (Phi) is 6.27. The van der Waals surface area contributed by atoms with E-state index in [-0.39, 0.29) is 5.63 Å². The summed E-state index contributed by atoms with van der Waals surface area (Å²) in [5.74, 6) is 0.672. The third-order valence-corrected chi connectivity index (χ3v) is 4.78. The van der Waals surface area contributed by atoms with Crippen LogP contribution >= 0.6 is 0 Å². The van der Waals surface area contributed by atoms with Gasteiger partial charge in [-0.25, -0.2) is 4.79 Å². The molecule has 1 atom stereocenters. The molecule has 3 rings (SSSR count). The maximum atomic E-state index is 11.9. The Balaban J connectivity index is 1.71. The van der Waals surface area contributed by atoms with Crippen molar-refractivity contribution in [3.63, 3.8) is 0 Å². The Bertz CT molecular complexity index is 935. The first-order valence-corrected chi connectivity index (χ1v) is 9.08. The van der Waals surface area contributed by atoms with E-state index < -0.39 is 0 Å². The van der Waals surface area contributed by atoms with Crippen LogP contribution in [-0.2, 0) is 13.0 Å².